The van der Waals surface area contributed by atoms with Gasteiger partial charge in [-0.25, -0.2) is 0 Å². The van der Waals surface area contributed by atoms with Crippen molar-refractivity contribution in [3.63, 3.8) is 0 Å². The van der Waals surface area contributed by atoms with Crippen molar-refractivity contribution in [1.29, 1.82) is 0 Å². The quantitative estimate of drug-likeness (QED) is 0.680. The van der Waals surface area contributed by atoms with Crippen LogP contribution in [0.1, 0.15) is 16.1 Å². The molecular formula is C24H26N4O. The molecule has 0 unspecified atom stereocenters. The van der Waals surface area contributed by atoms with Crippen LogP contribution in [-0.2, 0) is 0 Å². The monoisotopic (exact) mass is 386 g/mol. The van der Waals surface area contributed by atoms with Crippen molar-refractivity contribution >= 4 is 23.0 Å². The molecule has 0 saturated carbocycles. The molecule has 1 aliphatic heterocycles. The van der Waals surface area contributed by atoms with Crippen molar-refractivity contribution in [2.24, 2.45) is 0 Å². The van der Waals surface area contributed by atoms with Gasteiger partial charge in [0.1, 0.15) is 5.69 Å². The zero-order valence-electron chi connectivity index (χ0n) is 17.0. The number of benzene rings is 2. The SMILES string of the molecule is Cc1cccc(N2CCN(c3ccnc(C(=O)N(C)c4ccccc4)c3)CC2)c1. The highest BCUT2D eigenvalue weighted by molar-refractivity contribution is 6.04. The number of hydrogen-bond acceptors (Lipinski definition) is 4. The van der Waals surface area contributed by atoms with Crippen LogP contribution in [0, 0.1) is 6.92 Å². The van der Waals surface area contributed by atoms with Crippen molar-refractivity contribution in [3.8, 4) is 0 Å². The Morgan fingerprint density at radius 1 is 0.862 bits per heavy atom. The van der Waals surface area contributed by atoms with E-state index in [1.165, 1.54) is 11.3 Å². The highest BCUT2D eigenvalue weighted by Gasteiger charge is 2.20. The van der Waals surface area contributed by atoms with Gasteiger partial charge in [-0.1, -0.05) is 30.3 Å². The molecular weight excluding hydrogens is 360 g/mol. The molecule has 0 atom stereocenters. The molecule has 4 rings (SSSR count). The van der Waals surface area contributed by atoms with Crippen LogP contribution in [0.25, 0.3) is 0 Å². The molecule has 1 aliphatic rings. The third kappa shape index (κ3) is 4.24. The Labute approximate surface area is 172 Å². The average molecular weight is 386 g/mol. The Morgan fingerprint density at radius 2 is 1.52 bits per heavy atom. The lowest BCUT2D eigenvalue weighted by atomic mass is 10.2. The van der Waals surface area contributed by atoms with Crippen molar-refractivity contribution < 1.29 is 4.79 Å². The molecule has 2 aromatic carbocycles. The van der Waals surface area contributed by atoms with Crippen LogP contribution in [0.3, 0.4) is 0 Å². The fraction of sp³-hybridized carbons (Fsp3) is 0.250. The number of pyridine rings is 1. The van der Waals surface area contributed by atoms with Gasteiger partial charge >= 0.3 is 0 Å². The molecule has 0 aliphatic carbocycles. The Balaban J connectivity index is 1.45. The fourth-order valence-electron chi connectivity index (χ4n) is 3.72. The van der Waals surface area contributed by atoms with Crippen LogP contribution in [0.5, 0.6) is 0 Å². The predicted molar refractivity (Wildman–Crippen MR) is 119 cm³/mol. The number of anilines is 3. The van der Waals surface area contributed by atoms with Gasteiger partial charge in [-0.05, 0) is 48.9 Å². The summed E-state index contributed by atoms with van der Waals surface area (Å²) in [6.45, 7) is 5.87. The third-order valence-corrected chi connectivity index (χ3v) is 5.42. The largest absolute Gasteiger partial charge is 0.368 e. The molecule has 3 aromatic rings. The first-order chi connectivity index (χ1) is 14.1. The van der Waals surface area contributed by atoms with E-state index in [0.29, 0.717) is 5.69 Å². The molecule has 2 heterocycles. The van der Waals surface area contributed by atoms with Gasteiger partial charge in [0.2, 0.25) is 0 Å². The van der Waals surface area contributed by atoms with Crippen molar-refractivity contribution in [1.82, 2.24) is 4.98 Å². The lowest BCUT2D eigenvalue weighted by Gasteiger charge is -2.37. The van der Waals surface area contributed by atoms with Crippen LogP contribution in [-0.4, -0.2) is 44.1 Å². The number of aryl methyl sites for hydroxylation is 1. The smallest absolute Gasteiger partial charge is 0.276 e. The molecule has 1 aromatic heterocycles. The zero-order valence-corrected chi connectivity index (χ0v) is 17.0. The maximum absolute atomic E-state index is 12.9. The Kier molecular flexibility index (Phi) is 5.47. The van der Waals surface area contributed by atoms with E-state index in [2.05, 4.69) is 46.0 Å². The van der Waals surface area contributed by atoms with E-state index in [9.17, 15) is 4.79 Å². The lowest BCUT2D eigenvalue weighted by molar-refractivity contribution is 0.0988. The molecule has 29 heavy (non-hydrogen) atoms. The van der Waals surface area contributed by atoms with Gasteiger partial charge in [0.15, 0.2) is 0 Å². The van der Waals surface area contributed by atoms with Crippen molar-refractivity contribution in [2.45, 2.75) is 6.92 Å². The maximum Gasteiger partial charge on any atom is 0.276 e. The van der Waals surface area contributed by atoms with Gasteiger partial charge in [-0.2, -0.15) is 0 Å². The van der Waals surface area contributed by atoms with Crippen LogP contribution in [0.15, 0.2) is 72.9 Å². The van der Waals surface area contributed by atoms with E-state index in [1.807, 2.05) is 42.5 Å². The molecule has 1 amide bonds. The average Bonchev–Trinajstić information content (AvgIpc) is 2.79. The Morgan fingerprint density at radius 3 is 2.17 bits per heavy atom. The van der Waals surface area contributed by atoms with E-state index in [1.54, 1.807) is 18.1 Å². The molecule has 0 N–H and O–H groups in total. The van der Waals surface area contributed by atoms with Gasteiger partial charge in [-0.15, -0.1) is 0 Å². The summed E-state index contributed by atoms with van der Waals surface area (Å²) in [5, 5.41) is 0. The summed E-state index contributed by atoms with van der Waals surface area (Å²) in [6, 6.07) is 22.2. The number of carbonyl (C=O) groups excluding carboxylic acids is 1. The topological polar surface area (TPSA) is 39.7 Å². The summed E-state index contributed by atoms with van der Waals surface area (Å²) < 4.78 is 0. The number of carbonyl (C=O) groups is 1. The van der Waals surface area contributed by atoms with E-state index in [-0.39, 0.29) is 5.91 Å². The standard InChI is InChI=1S/C24H26N4O/c1-19-7-6-10-21(17-19)27-13-15-28(16-14-27)22-11-12-25-23(18-22)24(29)26(2)20-8-4-3-5-9-20/h3-12,17-18H,13-16H2,1-2H3. The molecule has 148 valence electrons. The molecule has 0 radical (unpaired) electrons. The molecule has 5 nitrogen and oxygen atoms in total. The fourth-order valence-corrected chi connectivity index (χ4v) is 3.72. The summed E-state index contributed by atoms with van der Waals surface area (Å²) in [4.78, 5) is 23.6. The number of piperazine rings is 1. The van der Waals surface area contributed by atoms with Gasteiger partial charge < -0.3 is 14.7 Å². The highest BCUT2D eigenvalue weighted by atomic mass is 16.2. The van der Waals surface area contributed by atoms with Crippen LogP contribution >= 0.6 is 0 Å². The summed E-state index contributed by atoms with van der Waals surface area (Å²) in [5.41, 5.74) is 4.93. The van der Waals surface area contributed by atoms with E-state index in [4.69, 9.17) is 0 Å². The van der Waals surface area contributed by atoms with E-state index >= 15 is 0 Å². The molecule has 1 saturated heterocycles. The van der Waals surface area contributed by atoms with Crippen LogP contribution in [0.2, 0.25) is 0 Å². The number of nitrogens with zero attached hydrogens (tertiary/aromatic N) is 4. The minimum atomic E-state index is -0.101. The van der Waals surface area contributed by atoms with E-state index in [0.717, 1.165) is 37.6 Å². The Hall–Kier alpha value is -3.34. The van der Waals surface area contributed by atoms with Crippen LogP contribution in [0.4, 0.5) is 17.1 Å². The Bertz CT molecular complexity index is 981. The molecule has 0 bridgehead atoms. The van der Waals surface area contributed by atoms with Gasteiger partial charge in [0.25, 0.3) is 5.91 Å². The second-order valence-electron chi connectivity index (χ2n) is 7.41. The predicted octanol–water partition coefficient (Wildman–Crippen LogP) is 3.99. The number of aromatic nitrogens is 1. The lowest BCUT2D eigenvalue weighted by Crippen LogP contribution is -2.46. The molecule has 5 heteroatoms. The third-order valence-electron chi connectivity index (χ3n) is 5.42. The summed E-state index contributed by atoms with van der Waals surface area (Å²) >= 11 is 0. The van der Waals surface area contributed by atoms with Crippen molar-refractivity contribution in [2.75, 3.05) is 47.9 Å². The molecule has 0 spiro atoms. The minimum absolute atomic E-state index is 0.101. The first-order valence-corrected chi connectivity index (χ1v) is 9.97. The van der Waals surface area contributed by atoms with Crippen LogP contribution < -0.4 is 14.7 Å². The highest BCUT2D eigenvalue weighted by Crippen LogP contribution is 2.22. The van der Waals surface area contributed by atoms with E-state index < -0.39 is 0 Å². The molecule has 1 fully saturated rings. The van der Waals surface area contributed by atoms with Gasteiger partial charge in [-0.3, -0.25) is 9.78 Å². The second-order valence-corrected chi connectivity index (χ2v) is 7.41. The number of amides is 1. The minimum Gasteiger partial charge on any atom is -0.368 e. The first kappa shape index (κ1) is 19.0. The number of hydrogen-bond donors (Lipinski definition) is 0. The number of rotatable bonds is 4. The van der Waals surface area contributed by atoms with Crippen molar-refractivity contribution in [3.05, 3.63) is 84.2 Å². The van der Waals surface area contributed by atoms with Gasteiger partial charge in [0, 0.05) is 56.5 Å². The summed E-state index contributed by atoms with van der Waals surface area (Å²) in [6.07, 6.45) is 1.73. The van der Waals surface area contributed by atoms with Gasteiger partial charge in [0.05, 0.1) is 0 Å². The number of para-hydroxylation sites is 1. The maximum atomic E-state index is 12.9. The normalized spacial score (nSPS) is 14.0. The summed E-state index contributed by atoms with van der Waals surface area (Å²) in [7, 11) is 1.78. The zero-order chi connectivity index (χ0) is 20.2. The first-order valence-electron chi connectivity index (χ1n) is 9.97. The summed E-state index contributed by atoms with van der Waals surface area (Å²) in [5.74, 6) is -0.101. The second kappa shape index (κ2) is 8.35.